The van der Waals surface area contributed by atoms with Gasteiger partial charge in [-0.1, -0.05) is 15.5 Å². The average Bonchev–Trinajstić information content (AvgIpc) is 3.18. The Morgan fingerprint density at radius 2 is 2.32 bits per heavy atom. The highest BCUT2D eigenvalue weighted by atomic mass is 16.6. The van der Waals surface area contributed by atoms with E-state index in [0.717, 1.165) is 38.8 Å². The first-order valence-electron chi connectivity index (χ1n) is 7.65. The van der Waals surface area contributed by atoms with Crippen molar-refractivity contribution in [3.63, 3.8) is 0 Å². The van der Waals surface area contributed by atoms with Gasteiger partial charge in [0.2, 0.25) is 5.91 Å². The SMILES string of the molecule is Cc1nonc1CC(=O)N1CCCCC1CCn1ccnn1. The van der Waals surface area contributed by atoms with Gasteiger partial charge in [-0.15, -0.1) is 5.10 Å². The Morgan fingerprint density at radius 3 is 3.05 bits per heavy atom. The van der Waals surface area contributed by atoms with Crippen molar-refractivity contribution >= 4 is 5.91 Å². The van der Waals surface area contributed by atoms with Crippen LogP contribution in [0.3, 0.4) is 0 Å². The van der Waals surface area contributed by atoms with Crippen molar-refractivity contribution in [1.82, 2.24) is 30.2 Å². The van der Waals surface area contributed by atoms with Crippen molar-refractivity contribution in [1.29, 1.82) is 0 Å². The molecule has 2 aromatic heterocycles. The predicted molar refractivity (Wildman–Crippen MR) is 76.7 cm³/mol. The zero-order chi connectivity index (χ0) is 15.4. The molecule has 1 unspecified atom stereocenters. The minimum atomic E-state index is 0.0992. The van der Waals surface area contributed by atoms with Gasteiger partial charge in [-0.25, -0.2) is 4.63 Å². The number of amides is 1. The molecule has 22 heavy (non-hydrogen) atoms. The molecule has 3 heterocycles. The summed E-state index contributed by atoms with van der Waals surface area (Å²) in [5.41, 5.74) is 1.31. The predicted octanol–water partition coefficient (Wildman–Crippen LogP) is 0.983. The first kappa shape index (κ1) is 14.7. The molecule has 0 N–H and O–H groups in total. The molecule has 1 atom stereocenters. The third kappa shape index (κ3) is 3.32. The molecule has 1 saturated heterocycles. The molecular weight excluding hydrogens is 284 g/mol. The van der Waals surface area contributed by atoms with Crippen molar-refractivity contribution < 1.29 is 9.42 Å². The molecule has 0 aromatic carbocycles. The molecule has 0 bridgehead atoms. The van der Waals surface area contributed by atoms with Crippen LogP contribution in [-0.4, -0.2) is 48.7 Å². The lowest BCUT2D eigenvalue weighted by Gasteiger charge is -2.35. The second kappa shape index (κ2) is 6.67. The van der Waals surface area contributed by atoms with Crippen LogP contribution >= 0.6 is 0 Å². The smallest absolute Gasteiger partial charge is 0.229 e. The van der Waals surface area contributed by atoms with Gasteiger partial charge in [-0.2, -0.15) is 0 Å². The summed E-state index contributed by atoms with van der Waals surface area (Å²) < 4.78 is 6.48. The molecule has 8 heteroatoms. The van der Waals surface area contributed by atoms with Crippen LogP contribution in [0.15, 0.2) is 17.0 Å². The number of aromatic nitrogens is 5. The maximum atomic E-state index is 12.6. The van der Waals surface area contributed by atoms with E-state index in [4.69, 9.17) is 0 Å². The second-order valence-corrected chi connectivity index (χ2v) is 5.66. The van der Waals surface area contributed by atoms with Crippen molar-refractivity contribution in [2.24, 2.45) is 0 Å². The minimum Gasteiger partial charge on any atom is -0.339 e. The first-order valence-corrected chi connectivity index (χ1v) is 7.65. The van der Waals surface area contributed by atoms with E-state index in [1.165, 1.54) is 0 Å². The summed E-state index contributed by atoms with van der Waals surface area (Å²) in [6, 6.07) is 0.255. The lowest BCUT2D eigenvalue weighted by molar-refractivity contribution is -0.134. The molecule has 1 aliphatic rings. The normalized spacial score (nSPS) is 18.6. The summed E-state index contributed by atoms with van der Waals surface area (Å²) in [6.45, 7) is 3.39. The number of carbonyl (C=O) groups excluding carboxylic acids is 1. The van der Waals surface area contributed by atoms with Gasteiger partial charge < -0.3 is 4.90 Å². The van der Waals surface area contributed by atoms with Gasteiger partial charge in [0.1, 0.15) is 11.4 Å². The molecule has 0 radical (unpaired) electrons. The Kier molecular flexibility index (Phi) is 4.45. The summed E-state index contributed by atoms with van der Waals surface area (Å²) in [5.74, 6) is 0.0992. The van der Waals surface area contributed by atoms with Crippen molar-refractivity contribution in [3.05, 3.63) is 23.8 Å². The highest BCUT2D eigenvalue weighted by Gasteiger charge is 2.27. The van der Waals surface area contributed by atoms with Crippen LogP contribution in [-0.2, 0) is 17.8 Å². The summed E-state index contributed by atoms with van der Waals surface area (Å²) in [5, 5.41) is 15.3. The van der Waals surface area contributed by atoms with E-state index >= 15 is 0 Å². The third-order valence-corrected chi connectivity index (χ3v) is 4.18. The number of aryl methyl sites for hydroxylation is 2. The van der Waals surface area contributed by atoms with E-state index in [2.05, 4.69) is 25.3 Å². The van der Waals surface area contributed by atoms with Gasteiger partial charge in [0.05, 0.1) is 12.6 Å². The number of nitrogens with zero attached hydrogens (tertiary/aromatic N) is 6. The van der Waals surface area contributed by atoms with E-state index in [1.54, 1.807) is 13.1 Å². The second-order valence-electron chi connectivity index (χ2n) is 5.66. The molecule has 0 saturated carbocycles. The van der Waals surface area contributed by atoms with Gasteiger partial charge in [0.15, 0.2) is 0 Å². The van der Waals surface area contributed by atoms with E-state index in [1.807, 2.05) is 15.8 Å². The fourth-order valence-electron chi connectivity index (χ4n) is 2.92. The Balaban J connectivity index is 1.61. The van der Waals surface area contributed by atoms with Gasteiger partial charge in [0.25, 0.3) is 0 Å². The monoisotopic (exact) mass is 304 g/mol. The number of likely N-dealkylation sites (tertiary alicyclic amines) is 1. The Morgan fingerprint density at radius 1 is 1.41 bits per heavy atom. The maximum absolute atomic E-state index is 12.6. The zero-order valence-electron chi connectivity index (χ0n) is 12.7. The number of piperidine rings is 1. The lowest BCUT2D eigenvalue weighted by Crippen LogP contribution is -2.45. The average molecular weight is 304 g/mol. The van der Waals surface area contributed by atoms with Crippen LogP contribution in [0.5, 0.6) is 0 Å². The molecular formula is C14H20N6O2. The van der Waals surface area contributed by atoms with E-state index in [9.17, 15) is 4.79 Å². The molecule has 1 fully saturated rings. The maximum Gasteiger partial charge on any atom is 0.229 e. The number of rotatable bonds is 5. The van der Waals surface area contributed by atoms with Crippen LogP contribution < -0.4 is 0 Å². The number of hydrogen-bond donors (Lipinski definition) is 0. The summed E-state index contributed by atoms with van der Waals surface area (Å²) in [4.78, 5) is 14.6. The number of carbonyl (C=O) groups is 1. The largest absolute Gasteiger partial charge is 0.339 e. The Labute approximate surface area is 128 Å². The van der Waals surface area contributed by atoms with Crippen LogP contribution in [0.1, 0.15) is 37.1 Å². The Hall–Kier alpha value is -2.25. The van der Waals surface area contributed by atoms with Crippen LogP contribution in [0, 0.1) is 6.92 Å². The van der Waals surface area contributed by atoms with Crippen molar-refractivity contribution in [2.75, 3.05) is 6.54 Å². The molecule has 8 nitrogen and oxygen atoms in total. The van der Waals surface area contributed by atoms with Crippen LogP contribution in [0.25, 0.3) is 0 Å². The van der Waals surface area contributed by atoms with E-state index < -0.39 is 0 Å². The molecule has 118 valence electrons. The first-order chi connectivity index (χ1) is 10.7. The number of hydrogen-bond acceptors (Lipinski definition) is 6. The highest BCUT2D eigenvalue weighted by Crippen LogP contribution is 2.21. The van der Waals surface area contributed by atoms with Gasteiger partial charge in [-0.05, 0) is 32.6 Å². The van der Waals surface area contributed by atoms with Gasteiger partial charge >= 0.3 is 0 Å². The van der Waals surface area contributed by atoms with E-state index in [0.29, 0.717) is 11.4 Å². The van der Waals surface area contributed by atoms with Gasteiger partial charge in [0, 0.05) is 25.3 Å². The summed E-state index contributed by atoms with van der Waals surface area (Å²) >= 11 is 0. The highest BCUT2D eigenvalue weighted by molar-refractivity contribution is 5.78. The quantitative estimate of drug-likeness (QED) is 0.818. The minimum absolute atomic E-state index is 0.0992. The lowest BCUT2D eigenvalue weighted by atomic mass is 9.98. The van der Waals surface area contributed by atoms with Crippen LogP contribution in [0.2, 0.25) is 0 Å². The molecule has 1 aliphatic heterocycles. The topological polar surface area (TPSA) is 89.9 Å². The summed E-state index contributed by atoms with van der Waals surface area (Å²) in [6.07, 6.45) is 7.93. The zero-order valence-corrected chi connectivity index (χ0v) is 12.7. The molecule has 3 rings (SSSR count). The van der Waals surface area contributed by atoms with Gasteiger partial charge in [-0.3, -0.25) is 9.48 Å². The molecule has 0 spiro atoms. The van der Waals surface area contributed by atoms with Crippen molar-refractivity contribution in [2.45, 2.75) is 51.6 Å². The fraction of sp³-hybridized carbons (Fsp3) is 0.643. The Bertz CT molecular complexity index is 609. The fourth-order valence-corrected chi connectivity index (χ4v) is 2.92. The molecule has 2 aromatic rings. The standard InChI is InChI=1S/C14H20N6O2/c1-11-13(17-22-16-11)10-14(21)20-7-3-2-4-12(20)5-8-19-9-6-15-18-19/h6,9,12H,2-5,7-8,10H2,1H3. The molecule has 0 aliphatic carbocycles. The van der Waals surface area contributed by atoms with E-state index in [-0.39, 0.29) is 18.4 Å². The summed E-state index contributed by atoms with van der Waals surface area (Å²) in [7, 11) is 0. The third-order valence-electron chi connectivity index (χ3n) is 4.18. The van der Waals surface area contributed by atoms with Crippen molar-refractivity contribution in [3.8, 4) is 0 Å². The van der Waals surface area contributed by atoms with Crippen LogP contribution in [0.4, 0.5) is 0 Å². The molecule has 1 amide bonds.